The van der Waals surface area contributed by atoms with Crippen LogP contribution < -0.4 is 10.0 Å². The lowest BCUT2D eigenvalue weighted by Gasteiger charge is -2.15. The van der Waals surface area contributed by atoms with Crippen molar-refractivity contribution in [3.05, 3.63) is 41.2 Å². The molecule has 2 rings (SSSR count). The van der Waals surface area contributed by atoms with Crippen molar-refractivity contribution in [1.82, 2.24) is 9.97 Å². The summed E-state index contributed by atoms with van der Waals surface area (Å²) in [5.74, 6) is -0.0293. The maximum Gasteiger partial charge on any atom is 0.419 e. The number of aromatic nitrogens is 2. The number of rotatable bonds is 5. The molecular formula is C14H14F3N5OS. The number of aryl methyl sites for hydroxylation is 1. The summed E-state index contributed by atoms with van der Waals surface area (Å²) in [5.41, 5.74) is 0.116. The van der Waals surface area contributed by atoms with E-state index in [1.807, 2.05) is 0 Å². The van der Waals surface area contributed by atoms with Crippen LogP contribution in [0.1, 0.15) is 16.8 Å². The van der Waals surface area contributed by atoms with Gasteiger partial charge in [0, 0.05) is 18.0 Å². The Balaban J connectivity index is 2.35. The number of anilines is 3. The highest BCUT2D eigenvalue weighted by atomic mass is 32.2. The lowest BCUT2D eigenvalue weighted by Crippen LogP contribution is -2.13. The summed E-state index contributed by atoms with van der Waals surface area (Å²) in [7, 11) is 0. The van der Waals surface area contributed by atoms with E-state index in [2.05, 4.69) is 20.0 Å². The van der Waals surface area contributed by atoms with Gasteiger partial charge in [-0.2, -0.15) is 13.2 Å². The number of nitrogens with one attached hydrogen (secondary N) is 3. The predicted molar refractivity (Wildman–Crippen MR) is 87.1 cm³/mol. The standard InChI is InChI=1S/C14H14F3N5OS/c1-8-10(14(15,16)17)7-19-13(20-8)21-11-4-3-5-12(9(11)6-18)22-24(2)23/h3-7,18,22H,1-2H3,(H,19,20,21). The molecular weight excluding hydrogens is 343 g/mol. The van der Waals surface area contributed by atoms with E-state index in [9.17, 15) is 17.7 Å². The fraction of sp³-hybridized carbons (Fsp3) is 0.214. The van der Waals surface area contributed by atoms with Crippen LogP contribution in [0.25, 0.3) is 0 Å². The first kappa shape index (κ1) is 18.0. The van der Waals surface area contributed by atoms with Gasteiger partial charge in [-0.05, 0) is 19.1 Å². The van der Waals surface area contributed by atoms with E-state index in [0.717, 1.165) is 6.21 Å². The quantitative estimate of drug-likeness (QED) is 0.564. The number of alkyl halides is 3. The Morgan fingerprint density at radius 3 is 2.50 bits per heavy atom. The molecule has 6 nitrogen and oxygen atoms in total. The normalized spacial score (nSPS) is 12.6. The van der Waals surface area contributed by atoms with Gasteiger partial charge in [-0.3, -0.25) is 0 Å². The van der Waals surface area contributed by atoms with Gasteiger partial charge < -0.3 is 15.3 Å². The number of hydrogen-bond acceptors (Lipinski definition) is 6. The van der Waals surface area contributed by atoms with Crippen LogP contribution in [0.4, 0.5) is 30.5 Å². The third-order valence-electron chi connectivity index (χ3n) is 3.04. The van der Waals surface area contributed by atoms with Crippen molar-refractivity contribution in [2.75, 3.05) is 16.3 Å². The second-order valence-corrected chi connectivity index (χ2v) is 5.90. The smallest absolute Gasteiger partial charge is 0.419 e. The Bertz CT molecular complexity index is 752. The second kappa shape index (κ2) is 7.05. The van der Waals surface area contributed by atoms with Crippen molar-refractivity contribution in [3.63, 3.8) is 0 Å². The van der Waals surface area contributed by atoms with Crippen molar-refractivity contribution in [2.45, 2.75) is 13.1 Å². The molecule has 0 saturated carbocycles. The Morgan fingerprint density at radius 1 is 1.29 bits per heavy atom. The molecule has 0 spiro atoms. The van der Waals surface area contributed by atoms with Gasteiger partial charge in [-0.1, -0.05) is 6.07 Å². The van der Waals surface area contributed by atoms with E-state index < -0.39 is 23.1 Å². The van der Waals surface area contributed by atoms with Gasteiger partial charge in [0.15, 0.2) is 0 Å². The van der Waals surface area contributed by atoms with Crippen molar-refractivity contribution < 1.29 is 17.7 Å². The Kier molecular flexibility index (Phi) is 5.30. The van der Waals surface area contributed by atoms with Crippen molar-refractivity contribution in [1.29, 1.82) is 5.41 Å². The zero-order valence-corrected chi connectivity index (χ0v) is 13.5. The molecule has 0 saturated heterocycles. The zero-order chi connectivity index (χ0) is 17.9. The van der Waals surface area contributed by atoms with E-state index in [0.29, 0.717) is 23.1 Å². The molecule has 0 radical (unpaired) electrons. The maximum atomic E-state index is 12.7. The van der Waals surface area contributed by atoms with E-state index in [1.54, 1.807) is 18.2 Å². The van der Waals surface area contributed by atoms with Crippen molar-refractivity contribution in [2.24, 2.45) is 0 Å². The molecule has 3 N–H and O–H groups in total. The molecule has 0 aliphatic carbocycles. The first-order valence-corrected chi connectivity index (χ1v) is 8.19. The van der Waals surface area contributed by atoms with Gasteiger partial charge in [0.05, 0.1) is 34.0 Å². The molecule has 10 heteroatoms. The van der Waals surface area contributed by atoms with E-state index in [4.69, 9.17) is 5.41 Å². The minimum Gasteiger partial charge on any atom is -0.593 e. The Labute approximate surface area is 139 Å². The summed E-state index contributed by atoms with van der Waals surface area (Å²) in [6.07, 6.45) is -1.33. The number of halogens is 3. The lowest BCUT2D eigenvalue weighted by atomic mass is 10.1. The van der Waals surface area contributed by atoms with Crippen LogP contribution in [0.5, 0.6) is 0 Å². The molecule has 1 heterocycles. The first-order valence-electron chi connectivity index (χ1n) is 6.64. The van der Waals surface area contributed by atoms with Crippen molar-refractivity contribution >= 4 is 34.9 Å². The second-order valence-electron chi connectivity index (χ2n) is 4.78. The summed E-state index contributed by atoms with van der Waals surface area (Å²) in [5, 5.41) is 10.3. The minimum absolute atomic E-state index is 0.0293. The Hall–Kier alpha value is -2.33. The van der Waals surface area contributed by atoms with Crippen LogP contribution in [0.15, 0.2) is 24.4 Å². The van der Waals surface area contributed by atoms with Gasteiger partial charge in [0.1, 0.15) is 6.26 Å². The number of benzene rings is 1. The highest BCUT2D eigenvalue weighted by molar-refractivity contribution is 7.92. The fourth-order valence-electron chi connectivity index (χ4n) is 2.00. The summed E-state index contributed by atoms with van der Waals surface area (Å²) in [6.45, 7) is 1.24. The maximum absolute atomic E-state index is 12.7. The number of hydrogen-bond donors (Lipinski definition) is 3. The van der Waals surface area contributed by atoms with E-state index >= 15 is 0 Å². The topological polar surface area (TPSA) is 96.8 Å². The van der Waals surface area contributed by atoms with Gasteiger partial charge in [-0.25, -0.2) is 14.7 Å². The highest BCUT2D eigenvalue weighted by Crippen LogP contribution is 2.31. The average molecular weight is 357 g/mol. The van der Waals surface area contributed by atoms with Gasteiger partial charge in [0.2, 0.25) is 5.95 Å². The minimum atomic E-state index is -4.52. The molecule has 0 amide bonds. The largest absolute Gasteiger partial charge is 0.593 e. The van der Waals surface area contributed by atoms with E-state index in [1.165, 1.54) is 13.2 Å². The van der Waals surface area contributed by atoms with Crippen molar-refractivity contribution in [3.8, 4) is 0 Å². The van der Waals surface area contributed by atoms with Crippen LogP contribution in [-0.4, -0.2) is 27.0 Å². The zero-order valence-electron chi connectivity index (χ0n) is 12.7. The highest BCUT2D eigenvalue weighted by Gasteiger charge is 2.33. The molecule has 1 aromatic heterocycles. The van der Waals surface area contributed by atoms with E-state index in [-0.39, 0.29) is 11.6 Å². The average Bonchev–Trinajstić information content (AvgIpc) is 2.45. The molecule has 0 aliphatic rings. The third-order valence-corrected chi connectivity index (χ3v) is 3.54. The fourth-order valence-corrected chi connectivity index (χ4v) is 2.49. The molecule has 2 aromatic rings. The monoisotopic (exact) mass is 357 g/mol. The molecule has 128 valence electrons. The SMILES string of the molecule is Cc1nc(Nc2cccc(N[S+](C)[O-])c2C=N)ncc1C(F)(F)F. The number of nitrogens with zero attached hydrogens (tertiary/aromatic N) is 2. The molecule has 1 aromatic carbocycles. The Morgan fingerprint density at radius 2 is 1.96 bits per heavy atom. The summed E-state index contributed by atoms with van der Waals surface area (Å²) < 4.78 is 52.2. The summed E-state index contributed by atoms with van der Waals surface area (Å²) in [6, 6.07) is 4.88. The van der Waals surface area contributed by atoms with Crippen LogP contribution >= 0.6 is 0 Å². The van der Waals surface area contributed by atoms with Crippen LogP contribution in [0.3, 0.4) is 0 Å². The van der Waals surface area contributed by atoms with Crippen LogP contribution in [-0.2, 0) is 17.5 Å². The lowest BCUT2D eigenvalue weighted by molar-refractivity contribution is -0.138. The molecule has 0 bridgehead atoms. The molecule has 0 fully saturated rings. The van der Waals surface area contributed by atoms with Crippen LogP contribution in [0.2, 0.25) is 0 Å². The summed E-state index contributed by atoms with van der Waals surface area (Å²) >= 11 is -1.34. The van der Waals surface area contributed by atoms with Gasteiger partial charge in [0.25, 0.3) is 0 Å². The molecule has 1 unspecified atom stereocenters. The van der Waals surface area contributed by atoms with Crippen LogP contribution in [0, 0.1) is 12.3 Å². The predicted octanol–water partition coefficient (Wildman–Crippen LogP) is 3.25. The molecule has 0 aliphatic heterocycles. The molecule has 24 heavy (non-hydrogen) atoms. The van der Waals surface area contributed by atoms with Gasteiger partial charge in [-0.15, -0.1) is 0 Å². The summed E-state index contributed by atoms with van der Waals surface area (Å²) in [4.78, 5) is 7.47. The molecule has 1 atom stereocenters. The van der Waals surface area contributed by atoms with Gasteiger partial charge >= 0.3 is 6.18 Å². The first-order chi connectivity index (χ1) is 11.2. The third kappa shape index (κ3) is 4.15.